The standard InChI is InChI=1S/C14H18Cl2N2O3/c1-2-6-18(7-5-14(20)21)9-13(19)17-12-4-3-10(15)8-11(12)16/h3-4,8H,2,5-7,9H2,1H3,(H,17,19)(H,20,21). The highest BCUT2D eigenvalue weighted by Gasteiger charge is 2.13. The van der Waals surface area contributed by atoms with Gasteiger partial charge < -0.3 is 10.4 Å². The fraction of sp³-hybridized carbons (Fsp3) is 0.429. The lowest BCUT2D eigenvalue weighted by atomic mass is 10.3. The van der Waals surface area contributed by atoms with Crippen LogP contribution in [0.25, 0.3) is 0 Å². The Morgan fingerprint density at radius 3 is 2.57 bits per heavy atom. The van der Waals surface area contributed by atoms with Crippen molar-refractivity contribution in [2.24, 2.45) is 0 Å². The number of carboxylic acid groups (broad SMARTS) is 1. The van der Waals surface area contributed by atoms with Crippen LogP contribution in [-0.2, 0) is 9.59 Å². The van der Waals surface area contributed by atoms with Gasteiger partial charge in [0.15, 0.2) is 0 Å². The number of carbonyl (C=O) groups excluding carboxylic acids is 1. The van der Waals surface area contributed by atoms with Gasteiger partial charge in [0, 0.05) is 11.6 Å². The fourth-order valence-electron chi connectivity index (χ4n) is 1.82. The van der Waals surface area contributed by atoms with Gasteiger partial charge in [-0.15, -0.1) is 0 Å². The normalized spacial score (nSPS) is 10.7. The smallest absolute Gasteiger partial charge is 0.304 e. The summed E-state index contributed by atoms with van der Waals surface area (Å²) in [5, 5.41) is 12.3. The first-order valence-electron chi connectivity index (χ1n) is 6.61. The molecule has 0 aliphatic heterocycles. The summed E-state index contributed by atoms with van der Waals surface area (Å²) in [6.45, 7) is 3.10. The predicted octanol–water partition coefficient (Wildman–Crippen LogP) is 3.12. The van der Waals surface area contributed by atoms with Crippen molar-refractivity contribution in [1.82, 2.24) is 4.90 Å². The van der Waals surface area contributed by atoms with Gasteiger partial charge in [0.1, 0.15) is 0 Å². The van der Waals surface area contributed by atoms with E-state index in [2.05, 4.69) is 5.32 Å². The second-order valence-electron chi connectivity index (χ2n) is 4.59. The summed E-state index contributed by atoms with van der Waals surface area (Å²) in [6, 6.07) is 4.81. The van der Waals surface area contributed by atoms with E-state index in [4.69, 9.17) is 28.3 Å². The Bertz CT molecular complexity index is 509. The summed E-state index contributed by atoms with van der Waals surface area (Å²) >= 11 is 11.8. The average molecular weight is 333 g/mol. The number of hydrogen-bond donors (Lipinski definition) is 2. The van der Waals surface area contributed by atoms with Crippen molar-refractivity contribution in [3.05, 3.63) is 28.2 Å². The van der Waals surface area contributed by atoms with E-state index in [-0.39, 0.29) is 18.9 Å². The molecule has 0 spiro atoms. The molecule has 0 bridgehead atoms. The van der Waals surface area contributed by atoms with Gasteiger partial charge in [0.05, 0.1) is 23.7 Å². The number of nitrogens with zero attached hydrogens (tertiary/aromatic N) is 1. The van der Waals surface area contributed by atoms with Crippen LogP contribution in [0.4, 0.5) is 5.69 Å². The molecule has 0 aromatic heterocycles. The molecular formula is C14H18Cl2N2O3. The van der Waals surface area contributed by atoms with Crippen molar-refractivity contribution in [3.63, 3.8) is 0 Å². The summed E-state index contributed by atoms with van der Waals surface area (Å²) < 4.78 is 0. The number of nitrogens with one attached hydrogen (secondary N) is 1. The van der Waals surface area contributed by atoms with Crippen LogP contribution in [0.2, 0.25) is 10.0 Å². The third-order valence-electron chi connectivity index (χ3n) is 2.75. The van der Waals surface area contributed by atoms with Crippen LogP contribution in [0.1, 0.15) is 19.8 Å². The largest absolute Gasteiger partial charge is 0.481 e. The molecule has 0 fully saturated rings. The minimum atomic E-state index is -0.878. The maximum Gasteiger partial charge on any atom is 0.304 e. The molecule has 0 atom stereocenters. The van der Waals surface area contributed by atoms with Gasteiger partial charge in [-0.3, -0.25) is 14.5 Å². The highest BCUT2D eigenvalue weighted by Crippen LogP contribution is 2.25. The molecular weight excluding hydrogens is 315 g/mol. The van der Waals surface area contributed by atoms with E-state index in [1.165, 1.54) is 0 Å². The van der Waals surface area contributed by atoms with Gasteiger partial charge in [-0.05, 0) is 31.2 Å². The van der Waals surface area contributed by atoms with Crippen molar-refractivity contribution in [2.45, 2.75) is 19.8 Å². The zero-order valence-corrected chi connectivity index (χ0v) is 13.2. The Morgan fingerprint density at radius 1 is 1.29 bits per heavy atom. The number of aliphatic carboxylic acids is 1. The number of benzene rings is 1. The summed E-state index contributed by atoms with van der Waals surface area (Å²) in [5.74, 6) is -1.12. The first-order valence-corrected chi connectivity index (χ1v) is 7.37. The van der Waals surface area contributed by atoms with Crippen LogP contribution in [0.15, 0.2) is 18.2 Å². The Labute approximate surface area is 133 Å². The van der Waals surface area contributed by atoms with E-state index in [1.807, 2.05) is 6.92 Å². The minimum Gasteiger partial charge on any atom is -0.481 e. The van der Waals surface area contributed by atoms with Gasteiger partial charge in [-0.25, -0.2) is 0 Å². The number of carboxylic acids is 1. The second-order valence-corrected chi connectivity index (χ2v) is 5.44. The summed E-state index contributed by atoms with van der Waals surface area (Å²) in [5.41, 5.74) is 0.487. The Kier molecular flexibility index (Phi) is 7.50. The van der Waals surface area contributed by atoms with Crippen molar-refractivity contribution in [1.29, 1.82) is 0 Å². The van der Waals surface area contributed by atoms with E-state index < -0.39 is 5.97 Å². The van der Waals surface area contributed by atoms with Gasteiger partial charge in [0.25, 0.3) is 0 Å². The molecule has 0 saturated heterocycles. The van der Waals surface area contributed by atoms with Gasteiger partial charge in [-0.1, -0.05) is 30.1 Å². The number of carbonyl (C=O) groups is 2. The molecule has 7 heteroatoms. The molecule has 0 aliphatic carbocycles. The number of anilines is 1. The van der Waals surface area contributed by atoms with E-state index >= 15 is 0 Å². The number of hydrogen-bond acceptors (Lipinski definition) is 3. The van der Waals surface area contributed by atoms with Crippen LogP contribution in [0.5, 0.6) is 0 Å². The van der Waals surface area contributed by atoms with Crippen LogP contribution in [0, 0.1) is 0 Å². The van der Waals surface area contributed by atoms with Crippen molar-refractivity contribution in [3.8, 4) is 0 Å². The van der Waals surface area contributed by atoms with E-state index in [0.29, 0.717) is 28.8 Å². The van der Waals surface area contributed by atoms with Gasteiger partial charge >= 0.3 is 5.97 Å². The molecule has 0 radical (unpaired) electrons. The van der Waals surface area contributed by atoms with Crippen LogP contribution in [-0.4, -0.2) is 41.5 Å². The molecule has 116 valence electrons. The predicted molar refractivity (Wildman–Crippen MR) is 84.1 cm³/mol. The van der Waals surface area contributed by atoms with Crippen LogP contribution in [0.3, 0.4) is 0 Å². The highest BCUT2D eigenvalue weighted by atomic mass is 35.5. The van der Waals surface area contributed by atoms with Gasteiger partial charge in [-0.2, -0.15) is 0 Å². The lowest BCUT2D eigenvalue weighted by Gasteiger charge is -2.20. The zero-order chi connectivity index (χ0) is 15.8. The zero-order valence-electron chi connectivity index (χ0n) is 11.7. The third-order valence-corrected chi connectivity index (χ3v) is 3.30. The number of halogens is 2. The molecule has 1 aromatic carbocycles. The minimum absolute atomic E-state index is 0.00891. The first-order chi connectivity index (χ1) is 9.92. The van der Waals surface area contributed by atoms with Gasteiger partial charge in [0.2, 0.25) is 5.91 Å². The van der Waals surface area contributed by atoms with Crippen LogP contribution < -0.4 is 5.32 Å². The average Bonchev–Trinajstić information content (AvgIpc) is 2.39. The lowest BCUT2D eigenvalue weighted by molar-refractivity contribution is -0.137. The molecule has 1 aromatic rings. The molecule has 5 nitrogen and oxygen atoms in total. The topological polar surface area (TPSA) is 69.6 Å². The van der Waals surface area contributed by atoms with Crippen molar-refractivity contribution in [2.75, 3.05) is 25.0 Å². The Morgan fingerprint density at radius 2 is 2.00 bits per heavy atom. The van der Waals surface area contributed by atoms with Crippen molar-refractivity contribution >= 4 is 40.8 Å². The fourth-order valence-corrected chi connectivity index (χ4v) is 2.28. The molecule has 0 unspecified atom stereocenters. The second kappa shape index (κ2) is 8.87. The maximum absolute atomic E-state index is 12.0. The molecule has 0 aliphatic rings. The van der Waals surface area contributed by atoms with E-state index in [1.54, 1.807) is 23.1 Å². The third kappa shape index (κ3) is 6.80. The van der Waals surface area contributed by atoms with Crippen LogP contribution >= 0.6 is 23.2 Å². The summed E-state index contributed by atoms with van der Waals surface area (Å²) in [6.07, 6.45) is 0.851. The molecule has 2 N–H and O–H groups in total. The summed E-state index contributed by atoms with van der Waals surface area (Å²) in [4.78, 5) is 24.4. The maximum atomic E-state index is 12.0. The molecule has 21 heavy (non-hydrogen) atoms. The van der Waals surface area contributed by atoms with E-state index in [0.717, 1.165) is 6.42 Å². The Hall–Kier alpha value is -1.30. The molecule has 1 amide bonds. The molecule has 1 rings (SSSR count). The van der Waals surface area contributed by atoms with Crippen molar-refractivity contribution < 1.29 is 14.7 Å². The molecule has 0 heterocycles. The highest BCUT2D eigenvalue weighted by molar-refractivity contribution is 6.36. The quantitative estimate of drug-likeness (QED) is 0.767. The number of amides is 1. The van der Waals surface area contributed by atoms with E-state index in [9.17, 15) is 9.59 Å². The summed E-state index contributed by atoms with van der Waals surface area (Å²) in [7, 11) is 0. The monoisotopic (exact) mass is 332 g/mol. The first kappa shape index (κ1) is 17.8. The SMILES string of the molecule is CCCN(CCC(=O)O)CC(=O)Nc1ccc(Cl)cc1Cl. The Balaban J connectivity index is 2.58. The molecule has 0 saturated carbocycles. The lowest BCUT2D eigenvalue weighted by Crippen LogP contribution is -2.35. The number of rotatable bonds is 8.